The van der Waals surface area contributed by atoms with Gasteiger partial charge in [-0.1, -0.05) is 83.5 Å². The van der Waals surface area contributed by atoms with E-state index >= 15 is 0 Å². The van der Waals surface area contributed by atoms with Crippen molar-refractivity contribution in [1.82, 2.24) is 51.9 Å². The molecular formula is C52H73FN10O8. The van der Waals surface area contributed by atoms with Crippen molar-refractivity contribution in [3.8, 4) is 0 Å². The zero-order valence-corrected chi connectivity index (χ0v) is 43.0. The number of nitrogens with one attached hydrogen (secondary N) is 7. The minimum Gasteiger partial charge on any atom is -0.350 e. The number of hydrogen-bond acceptors (Lipinski definition) is 11. The van der Waals surface area contributed by atoms with Gasteiger partial charge in [0.05, 0.1) is 12.1 Å². The summed E-state index contributed by atoms with van der Waals surface area (Å²) in [7, 11) is 3.26. The Kier molecular flexibility index (Phi) is 18.6. The van der Waals surface area contributed by atoms with Crippen molar-refractivity contribution >= 4 is 47.0 Å². The maximum Gasteiger partial charge on any atom is 0.246 e. The van der Waals surface area contributed by atoms with Gasteiger partial charge in [0.25, 0.3) is 0 Å². The molecule has 0 spiro atoms. The van der Waals surface area contributed by atoms with E-state index in [1.807, 2.05) is 52.0 Å². The van der Waals surface area contributed by atoms with Gasteiger partial charge < -0.3 is 41.7 Å². The number of benzene rings is 2. The molecule has 5 rings (SSSR count). The zero-order valence-electron chi connectivity index (χ0n) is 43.0. The molecule has 18 nitrogen and oxygen atoms in total. The van der Waals surface area contributed by atoms with Gasteiger partial charge in [0.1, 0.15) is 41.4 Å². The number of H-pyrrole nitrogens is 1. The molecule has 19 heteroatoms. The van der Waals surface area contributed by atoms with Crippen molar-refractivity contribution in [2.75, 3.05) is 27.2 Å². The molecule has 8 atom stereocenters. The number of aromatic nitrogens is 2. The molecule has 6 amide bonds. The summed E-state index contributed by atoms with van der Waals surface area (Å²) in [5.41, 5.74) is 1.11. The highest BCUT2D eigenvalue weighted by Crippen LogP contribution is 2.33. The second kappa shape index (κ2) is 23.7. The summed E-state index contributed by atoms with van der Waals surface area (Å²) in [6, 6.07) is 9.55. The minimum atomic E-state index is -1.02. The molecule has 0 aliphatic carbocycles. The molecule has 386 valence electrons. The van der Waals surface area contributed by atoms with Crippen LogP contribution in [0.1, 0.15) is 119 Å². The number of aryl methyl sites for hydroxylation is 1. The van der Waals surface area contributed by atoms with Crippen molar-refractivity contribution < 1.29 is 42.7 Å². The Morgan fingerprint density at radius 3 is 1.48 bits per heavy atom. The number of ketones is 2. The number of Topliss-reactive ketones (excluding diaryl/α,β-unsaturated/α-hetero) is 2. The van der Waals surface area contributed by atoms with Crippen molar-refractivity contribution in [3.05, 3.63) is 88.5 Å². The average Bonchev–Trinajstić information content (AvgIpc) is 4.10. The predicted octanol–water partition coefficient (Wildman–Crippen LogP) is 3.35. The van der Waals surface area contributed by atoms with Gasteiger partial charge in [0.15, 0.2) is 11.6 Å². The van der Waals surface area contributed by atoms with Crippen LogP contribution in [0, 0.1) is 35.4 Å². The third-order valence-corrected chi connectivity index (χ3v) is 13.5. The Morgan fingerprint density at radius 2 is 1.07 bits per heavy atom. The van der Waals surface area contributed by atoms with E-state index in [9.17, 15) is 42.7 Å². The number of hydrogen-bond donors (Lipinski definition) is 7. The van der Waals surface area contributed by atoms with E-state index < -0.39 is 106 Å². The monoisotopic (exact) mass is 985 g/mol. The number of likely N-dealkylation sites (tertiary alicyclic amines) is 2. The van der Waals surface area contributed by atoms with Crippen LogP contribution in [0.2, 0.25) is 0 Å². The van der Waals surface area contributed by atoms with Crippen molar-refractivity contribution in [2.45, 2.75) is 137 Å². The van der Waals surface area contributed by atoms with Gasteiger partial charge in [-0.15, -0.1) is 0 Å². The first kappa shape index (κ1) is 55.6. The molecule has 3 heterocycles. The van der Waals surface area contributed by atoms with E-state index in [2.05, 4.69) is 42.1 Å². The first-order valence-electron chi connectivity index (χ1n) is 24.3. The Morgan fingerprint density at radius 1 is 0.662 bits per heavy atom. The van der Waals surface area contributed by atoms with Crippen LogP contribution < -0.4 is 31.9 Å². The fourth-order valence-electron chi connectivity index (χ4n) is 8.82. The first-order valence-corrected chi connectivity index (χ1v) is 24.3. The second-order valence-corrected chi connectivity index (χ2v) is 21.3. The van der Waals surface area contributed by atoms with Gasteiger partial charge in [-0.05, 0) is 99.7 Å². The number of aromatic amines is 1. The average molecular weight is 985 g/mol. The summed E-state index contributed by atoms with van der Waals surface area (Å²) in [5, 5.41) is 24.2. The Bertz CT molecular complexity index is 2250. The lowest BCUT2D eigenvalue weighted by Gasteiger charge is -2.36. The highest BCUT2D eigenvalue weighted by molar-refractivity contribution is 6.00. The topological polar surface area (TPSA) is 244 Å². The Hall–Kier alpha value is -6.34. The second-order valence-electron chi connectivity index (χ2n) is 21.3. The van der Waals surface area contributed by atoms with Crippen molar-refractivity contribution in [2.24, 2.45) is 22.7 Å². The van der Waals surface area contributed by atoms with Gasteiger partial charge in [-0.2, -0.15) is 5.10 Å². The molecule has 7 N–H and O–H groups in total. The van der Waals surface area contributed by atoms with Crippen LogP contribution in [0.15, 0.2) is 54.6 Å². The van der Waals surface area contributed by atoms with E-state index in [1.54, 1.807) is 48.7 Å². The number of carbonyl (C=O) groups is 8. The predicted molar refractivity (Wildman–Crippen MR) is 265 cm³/mol. The molecule has 71 heavy (non-hydrogen) atoms. The lowest BCUT2D eigenvalue weighted by molar-refractivity contribution is -0.144. The summed E-state index contributed by atoms with van der Waals surface area (Å²) in [4.78, 5) is 114. The lowest BCUT2D eigenvalue weighted by atomic mass is 9.85. The van der Waals surface area contributed by atoms with Gasteiger partial charge in [0, 0.05) is 39.0 Å². The number of likely N-dealkylation sites (N-methyl/N-ethyl adjacent to an activating group) is 2. The molecule has 1 aromatic heterocycles. The van der Waals surface area contributed by atoms with E-state index in [1.165, 1.54) is 40.1 Å². The summed E-state index contributed by atoms with van der Waals surface area (Å²) in [5.74, 6) is -4.81. The molecule has 2 aliphatic heterocycles. The molecule has 3 aromatic rings. The van der Waals surface area contributed by atoms with Gasteiger partial charge in [0.2, 0.25) is 35.4 Å². The van der Waals surface area contributed by atoms with Gasteiger partial charge >= 0.3 is 0 Å². The molecule has 0 saturated carbocycles. The largest absolute Gasteiger partial charge is 0.350 e. The van der Waals surface area contributed by atoms with Gasteiger partial charge in [-0.25, -0.2) is 4.39 Å². The summed E-state index contributed by atoms with van der Waals surface area (Å²) in [6.07, 6.45) is 0.0763. The third kappa shape index (κ3) is 14.6. The fraction of sp³-hybridized carbons (Fsp3) is 0.558. The highest BCUT2D eigenvalue weighted by Gasteiger charge is 2.47. The number of rotatable bonds is 20. The number of amides is 6. The van der Waals surface area contributed by atoms with Crippen LogP contribution in [0.5, 0.6) is 0 Å². The smallest absolute Gasteiger partial charge is 0.246 e. The van der Waals surface area contributed by atoms with E-state index in [0.29, 0.717) is 5.56 Å². The minimum absolute atomic E-state index is 0.0182. The molecular weight excluding hydrogens is 912 g/mol. The van der Waals surface area contributed by atoms with Crippen LogP contribution in [-0.2, 0) is 41.9 Å². The quantitative estimate of drug-likeness (QED) is 0.0810. The van der Waals surface area contributed by atoms with E-state index in [4.69, 9.17) is 0 Å². The number of nitrogens with zero attached hydrogens (tertiary/aromatic N) is 3. The zero-order chi connectivity index (χ0) is 52.5. The summed E-state index contributed by atoms with van der Waals surface area (Å²) >= 11 is 0. The van der Waals surface area contributed by atoms with Crippen molar-refractivity contribution in [1.29, 1.82) is 0 Å². The SMILES string of the molecule is CN[C@@H](C)C(=O)N[C@H](C(=O)N1C[C@@H](CC(=O)c2cc(C(=O)C[C@H]3C[C@@H](C(=O)NCc4ccc(C)cc4)N(C(=O)[C@@H](NC(=O)[C@H](C)NC)C(C)(C)C)C3)[nH]n2)C[C@H]1C(=O)NCc1ccc(F)cc1)C(C)(C)C. The van der Waals surface area contributed by atoms with Crippen LogP contribution in [0.25, 0.3) is 0 Å². The third-order valence-electron chi connectivity index (χ3n) is 13.5. The summed E-state index contributed by atoms with van der Waals surface area (Å²) < 4.78 is 13.6. The molecule has 2 fully saturated rings. The van der Waals surface area contributed by atoms with E-state index in [-0.39, 0.29) is 69.2 Å². The Balaban J connectivity index is 1.31. The van der Waals surface area contributed by atoms with E-state index in [0.717, 1.165) is 11.1 Å². The molecule has 0 unspecified atom stereocenters. The standard InChI is InChI=1S/C52H73FN10O8/c1-29-12-14-32(15-13-29)25-56-47(68)39-20-34(27-62(39)49(70)43(51(4,5)6)58-45(66)30(2)54-10)22-41(64)37-24-38(61-60-37)42(65)23-35-21-40(48(69)57-26-33-16-18-36(53)19-17-33)63(28-35)50(71)44(52(7,8)9)59-46(67)31(3)55-11/h12-19,24,30-31,34-35,39-40,43-44,54-55H,20-23,25-28H2,1-11H3,(H,56,68)(H,57,69)(H,58,66)(H,59,67)(H,60,61)/t30-,31-,34+,35+,39-,40-,43+,44+/m0/s1. The fourth-order valence-corrected chi connectivity index (χ4v) is 8.82. The highest BCUT2D eigenvalue weighted by atomic mass is 19.1. The van der Waals surface area contributed by atoms with Crippen LogP contribution in [0.3, 0.4) is 0 Å². The molecule has 0 radical (unpaired) electrons. The van der Waals surface area contributed by atoms with Crippen LogP contribution >= 0.6 is 0 Å². The Labute approximate surface area is 416 Å². The molecule has 0 bridgehead atoms. The lowest BCUT2D eigenvalue weighted by Crippen LogP contribution is -2.59. The number of halogens is 1. The van der Waals surface area contributed by atoms with Crippen molar-refractivity contribution in [3.63, 3.8) is 0 Å². The normalized spacial score (nSPS) is 19.8. The van der Waals surface area contributed by atoms with Crippen LogP contribution in [0.4, 0.5) is 4.39 Å². The number of carbonyl (C=O) groups excluding carboxylic acids is 8. The molecule has 2 aliphatic rings. The molecule has 2 aromatic carbocycles. The maximum absolute atomic E-state index is 14.5. The molecule has 2 saturated heterocycles. The first-order chi connectivity index (χ1) is 33.3. The van der Waals surface area contributed by atoms with Gasteiger partial charge in [-0.3, -0.25) is 43.5 Å². The summed E-state index contributed by atoms with van der Waals surface area (Å²) in [6.45, 7) is 16.5. The maximum atomic E-state index is 14.5. The van der Waals surface area contributed by atoms with Crippen LogP contribution in [-0.4, -0.2) is 130 Å².